The van der Waals surface area contributed by atoms with Crippen LogP contribution in [0.5, 0.6) is 0 Å². The number of aromatic nitrogens is 2. The van der Waals surface area contributed by atoms with Crippen LogP contribution in [0.15, 0.2) is 23.6 Å². The molecule has 0 atom stereocenters. The molecule has 1 aromatic carbocycles. The van der Waals surface area contributed by atoms with E-state index < -0.39 is 16.1 Å². The maximum Gasteiger partial charge on any atom is 0.333 e. The molecule has 2 N–H and O–H groups in total. The molecule has 0 radical (unpaired) electrons. The first-order chi connectivity index (χ1) is 13.8. The monoisotopic (exact) mass is 417 g/mol. The smallest absolute Gasteiger partial charge is 0.333 e. The number of carbonyl (C=O) groups is 1. The molecule has 0 bridgehead atoms. The maximum atomic E-state index is 12.6. The standard InChI is InChI=1S/C20H27N5O3S/c1-24(2)9-10-25-12-18(21-13-25)29(27,28)23-20(26)22-19-16-7-3-5-14(16)11-15-6-4-8-17(15)19/h11-13H,3-10H2,1-2H3,(H2,22,23,26). The van der Waals surface area contributed by atoms with Gasteiger partial charge in [0.05, 0.1) is 6.33 Å². The Kier molecular flexibility index (Phi) is 5.35. The van der Waals surface area contributed by atoms with Crippen molar-refractivity contribution in [1.82, 2.24) is 19.2 Å². The summed E-state index contributed by atoms with van der Waals surface area (Å²) in [4.78, 5) is 18.5. The number of rotatable bonds is 6. The molecule has 0 saturated heterocycles. The molecule has 0 saturated carbocycles. The molecule has 2 aliphatic rings. The minimum Gasteiger partial charge on any atom is -0.335 e. The summed E-state index contributed by atoms with van der Waals surface area (Å²) in [6, 6.07) is 1.53. The predicted molar refractivity (Wildman–Crippen MR) is 111 cm³/mol. The number of amides is 2. The van der Waals surface area contributed by atoms with E-state index in [0.29, 0.717) is 6.54 Å². The number of carbonyl (C=O) groups excluding carboxylic acids is 1. The van der Waals surface area contributed by atoms with Crippen molar-refractivity contribution in [1.29, 1.82) is 0 Å². The Morgan fingerprint density at radius 1 is 1.14 bits per heavy atom. The third-order valence-electron chi connectivity index (χ3n) is 5.63. The molecule has 29 heavy (non-hydrogen) atoms. The molecule has 0 spiro atoms. The van der Waals surface area contributed by atoms with Crippen molar-refractivity contribution in [3.63, 3.8) is 0 Å². The van der Waals surface area contributed by atoms with Crippen molar-refractivity contribution in [2.45, 2.75) is 50.1 Å². The van der Waals surface area contributed by atoms with E-state index in [1.54, 1.807) is 4.57 Å². The molecule has 4 rings (SSSR count). The fourth-order valence-electron chi connectivity index (χ4n) is 4.20. The Bertz CT molecular complexity index is 1010. The summed E-state index contributed by atoms with van der Waals surface area (Å²) in [5.74, 6) is 0. The molecular formula is C20H27N5O3S. The van der Waals surface area contributed by atoms with Crippen molar-refractivity contribution in [2.75, 3.05) is 26.0 Å². The van der Waals surface area contributed by atoms with Gasteiger partial charge in [0.2, 0.25) is 0 Å². The Labute approximate surface area is 171 Å². The van der Waals surface area contributed by atoms with Gasteiger partial charge in [-0.1, -0.05) is 6.07 Å². The third kappa shape index (κ3) is 4.16. The number of imidazole rings is 1. The molecule has 8 nitrogen and oxygen atoms in total. The molecule has 2 aromatic rings. The van der Waals surface area contributed by atoms with Gasteiger partial charge in [-0.25, -0.2) is 14.5 Å². The Hall–Kier alpha value is -2.39. The lowest BCUT2D eigenvalue weighted by Crippen LogP contribution is -2.35. The van der Waals surface area contributed by atoms with Crippen LogP contribution in [0.2, 0.25) is 0 Å². The zero-order chi connectivity index (χ0) is 20.6. The molecule has 2 amide bonds. The lowest BCUT2D eigenvalue weighted by atomic mass is 9.99. The van der Waals surface area contributed by atoms with Gasteiger partial charge < -0.3 is 14.8 Å². The van der Waals surface area contributed by atoms with Gasteiger partial charge in [0.15, 0.2) is 5.03 Å². The summed E-state index contributed by atoms with van der Waals surface area (Å²) < 4.78 is 29.0. The molecule has 0 unspecified atom stereocenters. The summed E-state index contributed by atoms with van der Waals surface area (Å²) in [6.45, 7) is 1.37. The van der Waals surface area contributed by atoms with Gasteiger partial charge >= 0.3 is 6.03 Å². The van der Waals surface area contributed by atoms with Crippen LogP contribution in [-0.2, 0) is 42.3 Å². The van der Waals surface area contributed by atoms with E-state index >= 15 is 0 Å². The number of sulfonamides is 1. The molecule has 9 heteroatoms. The molecule has 2 aliphatic carbocycles. The van der Waals surface area contributed by atoms with Crippen LogP contribution in [0, 0.1) is 0 Å². The van der Waals surface area contributed by atoms with Crippen LogP contribution in [-0.4, -0.2) is 49.5 Å². The largest absolute Gasteiger partial charge is 0.335 e. The Balaban J connectivity index is 1.49. The fraction of sp³-hybridized carbons (Fsp3) is 0.500. The number of hydrogen-bond acceptors (Lipinski definition) is 5. The number of nitrogens with zero attached hydrogens (tertiary/aromatic N) is 3. The lowest BCUT2D eigenvalue weighted by Gasteiger charge is -2.16. The van der Waals surface area contributed by atoms with Crippen LogP contribution in [0.3, 0.4) is 0 Å². The van der Waals surface area contributed by atoms with Crippen LogP contribution >= 0.6 is 0 Å². The maximum absolute atomic E-state index is 12.6. The van der Waals surface area contributed by atoms with Crippen molar-refractivity contribution >= 4 is 21.7 Å². The molecule has 1 aromatic heterocycles. The van der Waals surface area contributed by atoms with E-state index in [1.807, 2.05) is 19.0 Å². The second kappa shape index (κ2) is 7.79. The molecule has 156 valence electrons. The number of urea groups is 1. The highest BCUT2D eigenvalue weighted by atomic mass is 32.2. The predicted octanol–water partition coefficient (Wildman–Crippen LogP) is 1.93. The van der Waals surface area contributed by atoms with E-state index in [4.69, 9.17) is 0 Å². The quantitative estimate of drug-likeness (QED) is 0.749. The minimum atomic E-state index is -4.03. The lowest BCUT2D eigenvalue weighted by molar-refractivity contribution is 0.256. The third-order valence-corrected chi connectivity index (χ3v) is 6.84. The average molecular weight is 418 g/mol. The zero-order valence-corrected chi connectivity index (χ0v) is 17.7. The topological polar surface area (TPSA) is 96.3 Å². The van der Waals surface area contributed by atoms with E-state index in [0.717, 1.165) is 61.9 Å². The first kappa shape index (κ1) is 19.9. The number of hydrogen-bond donors (Lipinski definition) is 2. The summed E-state index contributed by atoms with van der Waals surface area (Å²) in [5, 5.41) is 2.69. The summed E-state index contributed by atoms with van der Waals surface area (Å²) in [5.41, 5.74) is 5.70. The van der Waals surface area contributed by atoms with Gasteiger partial charge in [-0.2, -0.15) is 8.42 Å². The van der Waals surface area contributed by atoms with Crippen LogP contribution in [0.4, 0.5) is 10.5 Å². The van der Waals surface area contributed by atoms with Crippen molar-refractivity contribution < 1.29 is 13.2 Å². The summed E-state index contributed by atoms with van der Waals surface area (Å²) in [6.07, 6.45) is 8.91. The van der Waals surface area contributed by atoms with E-state index in [9.17, 15) is 13.2 Å². The highest BCUT2D eigenvalue weighted by Gasteiger charge is 2.27. The molecule has 0 fully saturated rings. The Morgan fingerprint density at radius 2 is 1.79 bits per heavy atom. The molecular weight excluding hydrogens is 390 g/mol. The first-order valence-electron chi connectivity index (χ1n) is 10.0. The normalized spacial score (nSPS) is 15.4. The van der Waals surface area contributed by atoms with E-state index in [1.165, 1.54) is 23.7 Å². The van der Waals surface area contributed by atoms with Gasteiger partial charge in [0.25, 0.3) is 10.0 Å². The highest BCUT2D eigenvalue weighted by molar-refractivity contribution is 7.90. The van der Waals surface area contributed by atoms with Crippen molar-refractivity contribution in [3.05, 3.63) is 40.8 Å². The fourth-order valence-corrected chi connectivity index (χ4v) is 5.06. The highest BCUT2D eigenvalue weighted by Crippen LogP contribution is 2.38. The number of nitrogens with one attached hydrogen (secondary N) is 2. The van der Waals surface area contributed by atoms with Crippen LogP contribution in [0.25, 0.3) is 0 Å². The van der Waals surface area contributed by atoms with Gasteiger partial charge in [0.1, 0.15) is 0 Å². The number of fused-ring (bicyclic) bond motifs is 2. The minimum absolute atomic E-state index is 0.157. The number of aryl methyl sites for hydroxylation is 2. The first-order valence-corrected chi connectivity index (χ1v) is 11.5. The average Bonchev–Trinajstić information content (AvgIpc) is 3.39. The van der Waals surface area contributed by atoms with Crippen LogP contribution in [0.1, 0.15) is 35.1 Å². The summed E-state index contributed by atoms with van der Waals surface area (Å²) in [7, 11) is -0.149. The van der Waals surface area contributed by atoms with E-state index in [-0.39, 0.29) is 5.03 Å². The Morgan fingerprint density at radius 3 is 2.41 bits per heavy atom. The second-order valence-electron chi connectivity index (χ2n) is 8.05. The van der Waals surface area contributed by atoms with Crippen molar-refractivity contribution in [2.24, 2.45) is 0 Å². The van der Waals surface area contributed by atoms with E-state index in [2.05, 4.69) is 21.1 Å². The van der Waals surface area contributed by atoms with Gasteiger partial charge in [-0.15, -0.1) is 0 Å². The van der Waals surface area contributed by atoms with Crippen molar-refractivity contribution in [3.8, 4) is 0 Å². The SMILES string of the molecule is CN(C)CCn1cnc(S(=O)(=O)NC(=O)Nc2c3c(cc4c2CCC4)CCC3)c1. The van der Waals surface area contributed by atoms with Gasteiger partial charge in [-0.05, 0) is 74.9 Å². The number of benzene rings is 1. The number of anilines is 1. The van der Waals surface area contributed by atoms with Crippen LogP contribution < -0.4 is 10.0 Å². The molecule has 0 aliphatic heterocycles. The zero-order valence-electron chi connectivity index (χ0n) is 16.9. The molecule has 1 heterocycles. The van der Waals surface area contributed by atoms with Gasteiger partial charge in [0, 0.05) is 25.0 Å². The van der Waals surface area contributed by atoms with Gasteiger partial charge in [-0.3, -0.25) is 0 Å². The number of likely N-dealkylation sites (N-methyl/N-ethyl adjacent to an activating group) is 1. The second-order valence-corrected chi connectivity index (χ2v) is 9.68. The summed E-state index contributed by atoms with van der Waals surface area (Å²) >= 11 is 0.